The minimum atomic E-state index is -0.389. The predicted octanol–water partition coefficient (Wildman–Crippen LogP) is 1.17. The van der Waals surface area contributed by atoms with Crippen LogP contribution in [0.15, 0.2) is 30.5 Å². The number of anilines is 1. The van der Waals surface area contributed by atoms with Crippen LogP contribution < -0.4 is 5.73 Å². The van der Waals surface area contributed by atoms with Crippen molar-refractivity contribution in [2.24, 2.45) is 0 Å². The number of carbonyl (C=O) groups excluding carboxylic acids is 1. The maximum absolute atomic E-state index is 11.4. The van der Waals surface area contributed by atoms with Gasteiger partial charge < -0.3 is 10.5 Å². The summed E-state index contributed by atoms with van der Waals surface area (Å²) in [6.07, 6.45) is 1.57. The molecule has 0 fully saturated rings. The van der Waals surface area contributed by atoms with Gasteiger partial charge in [0, 0.05) is 6.20 Å². The maximum atomic E-state index is 11.4. The third-order valence-corrected chi connectivity index (χ3v) is 2.60. The second kappa shape index (κ2) is 5.23. The van der Waals surface area contributed by atoms with E-state index in [0.717, 1.165) is 5.56 Å². The fourth-order valence-electron chi connectivity index (χ4n) is 1.70. The minimum absolute atomic E-state index is 0.201. The number of aromatic nitrogens is 2. The van der Waals surface area contributed by atoms with Gasteiger partial charge in [-0.2, -0.15) is 10.4 Å². The first-order chi connectivity index (χ1) is 9.13. The van der Waals surface area contributed by atoms with Crippen molar-refractivity contribution in [2.75, 3.05) is 12.8 Å². The summed E-state index contributed by atoms with van der Waals surface area (Å²) in [5, 5.41) is 12.8. The molecule has 0 atom stereocenters. The van der Waals surface area contributed by atoms with Crippen LogP contribution in [0.4, 0.5) is 5.82 Å². The van der Waals surface area contributed by atoms with Gasteiger partial charge in [0.1, 0.15) is 11.6 Å². The molecule has 0 unspecified atom stereocenters. The molecule has 2 rings (SSSR count). The zero-order chi connectivity index (χ0) is 13.8. The van der Waals surface area contributed by atoms with Crippen LogP contribution in [0.25, 0.3) is 0 Å². The number of nitriles is 1. The number of nitrogens with zero attached hydrogens (tertiary/aromatic N) is 3. The molecular weight excluding hydrogens is 244 g/mol. The lowest BCUT2D eigenvalue weighted by atomic mass is 10.1. The Bertz CT molecular complexity index is 655. The average molecular weight is 256 g/mol. The topological polar surface area (TPSA) is 93.9 Å². The summed E-state index contributed by atoms with van der Waals surface area (Å²) >= 11 is 0. The van der Waals surface area contributed by atoms with Crippen molar-refractivity contribution in [2.45, 2.75) is 6.54 Å². The number of nitrogens with two attached hydrogens (primary N) is 1. The molecule has 0 saturated carbocycles. The zero-order valence-corrected chi connectivity index (χ0v) is 10.3. The van der Waals surface area contributed by atoms with E-state index in [-0.39, 0.29) is 11.8 Å². The van der Waals surface area contributed by atoms with Crippen LogP contribution in [-0.2, 0) is 11.3 Å². The van der Waals surface area contributed by atoms with Gasteiger partial charge in [0.2, 0.25) is 0 Å². The number of rotatable bonds is 3. The summed E-state index contributed by atoms with van der Waals surface area (Å²) < 4.78 is 6.22. The summed E-state index contributed by atoms with van der Waals surface area (Å²) in [5.41, 5.74) is 7.26. The Kier molecular flexibility index (Phi) is 3.48. The standard InChI is InChI=1S/C13H12N4O2/c1-19-13(18)10-4-2-3-9(5-10)7-17-8-11(6-14)12(15)16-17/h2-5,8H,7H2,1H3,(H2,15,16). The van der Waals surface area contributed by atoms with Crippen molar-refractivity contribution in [3.8, 4) is 6.07 Å². The quantitative estimate of drug-likeness (QED) is 0.832. The molecule has 0 saturated heterocycles. The van der Waals surface area contributed by atoms with Gasteiger partial charge in [-0.3, -0.25) is 4.68 Å². The van der Waals surface area contributed by atoms with E-state index in [0.29, 0.717) is 17.7 Å². The Morgan fingerprint density at radius 3 is 3.00 bits per heavy atom. The fraction of sp³-hybridized carbons (Fsp3) is 0.154. The van der Waals surface area contributed by atoms with Crippen LogP contribution in [0.2, 0.25) is 0 Å². The van der Waals surface area contributed by atoms with Gasteiger partial charge in [0.15, 0.2) is 5.82 Å². The van der Waals surface area contributed by atoms with E-state index in [1.54, 1.807) is 29.1 Å². The lowest BCUT2D eigenvalue weighted by Crippen LogP contribution is -2.05. The van der Waals surface area contributed by atoms with Gasteiger partial charge >= 0.3 is 5.97 Å². The molecule has 1 heterocycles. The van der Waals surface area contributed by atoms with E-state index < -0.39 is 0 Å². The molecule has 96 valence electrons. The third kappa shape index (κ3) is 2.72. The van der Waals surface area contributed by atoms with Crippen molar-refractivity contribution in [1.82, 2.24) is 9.78 Å². The van der Waals surface area contributed by atoms with Crippen LogP contribution in [0.3, 0.4) is 0 Å². The van der Waals surface area contributed by atoms with Gasteiger partial charge in [-0.15, -0.1) is 0 Å². The number of hydrogen-bond donors (Lipinski definition) is 1. The van der Waals surface area contributed by atoms with Crippen LogP contribution in [0.1, 0.15) is 21.5 Å². The molecule has 0 aliphatic rings. The monoisotopic (exact) mass is 256 g/mol. The summed E-state index contributed by atoms with van der Waals surface area (Å²) in [6, 6.07) is 8.97. The first kappa shape index (κ1) is 12.6. The van der Waals surface area contributed by atoms with Crippen LogP contribution in [0, 0.1) is 11.3 Å². The Labute approximate surface area is 110 Å². The minimum Gasteiger partial charge on any atom is -0.465 e. The second-order valence-corrected chi connectivity index (χ2v) is 3.93. The number of esters is 1. The highest BCUT2D eigenvalue weighted by atomic mass is 16.5. The number of methoxy groups -OCH3 is 1. The zero-order valence-electron chi connectivity index (χ0n) is 10.3. The number of carbonyl (C=O) groups is 1. The number of benzene rings is 1. The molecule has 6 nitrogen and oxygen atoms in total. The van der Waals surface area contributed by atoms with Crippen molar-refractivity contribution in [3.63, 3.8) is 0 Å². The van der Waals surface area contributed by atoms with Gasteiger partial charge in [0.05, 0.1) is 19.2 Å². The number of ether oxygens (including phenoxy) is 1. The molecule has 2 N–H and O–H groups in total. The van der Waals surface area contributed by atoms with Gasteiger partial charge in [-0.05, 0) is 17.7 Å². The number of hydrogen-bond acceptors (Lipinski definition) is 5. The van der Waals surface area contributed by atoms with E-state index in [4.69, 9.17) is 11.0 Å². The predicted molar refractivity (Wildman–Crippen MR) is 68.2 cm³/mol. The fourth-order valence-corrected chi connectivity index (χ4v) is 1.70. The molecular formula is C13H12N4O2. The SMILES string of the molecule is COC(=O)c1cccc(Cn2cc(C#N)c(N)n2)c1. The molecule has 0 bridgehead atoms. The van der Waals surface area contributed by atoms with Crippen LogP contribution in [0.5, 0.6) is 0 Å². The van der Waals surface area contributed by atoms with E-state index in [1.165, 1.54) is 7.11 Å². The van der Waals surface area contributed by atoms with Crippen molar-refractivity contribution >= 4 is 11.8 Å². The van der Waals surface area contributed by atoms with E-state index >= 15 is 0 Å². The molecule has 6 heteroatoms. The highest BCUT2D eigenvalue weighted by molar-refractivity contribution is 5.89. The highest BCUT2D eigenvalue weighted by Crippen LogP contribution is 2.11. The summed E-state index contributed by atoms with van der Waals surface area (Å²) in [6.45, 7) is 0.427. The van der Waals surface area contributed by atoms with E-state index in [9.17, 15) is 4.79 Å². The van der Waals surface area contributed by atoms with Crippen molar-refractivity contribution < 1.29 is 9.53 Å². The lowest BCUT2D eigenvalue weighted by molar-refractivity contribution is 0.0600. The molecule has 0 spiro atoms. The van der Waals surface area contributed by atoms with Crippen LogP contribution in [-0.4, -0.2) is 22.9 Å². The number of nitrogen functional groups attached to an aromatic ring is 1. The van der Waals surface area contributed by atoms with Gasteiger partial charge in [0.25, 0.3) is 0 Å². The first-order valence-corrected chi connectivity index (χ1v) is 5.54. The van der Waals surface area contributed by atoms with Crippen molar-refractivity contribution in [1.29, 1.82) is 5.26 Å². The first-order valence-electron chi connectivity index (χ1n) is 5.54. The Morgan fingerprint density at radius 2 is 2.37 bits per heavy atom. The summed E-state index contributed by atoms with van der Waals surface area (Å²) in [4.78, 5) is 11.4. The Morgan fingerprint density at radius 1 is 1.58 bits per heavy atom. The highest BCUT2D eigenvalue weighted by Gasteiger charge is 2.08. The van der Waals surface area contributed by atoms with E-state index in [1.807, 2.05) is 12.1 Å². The molecule has 0 aliphatic carbocycles. The normalized spacial score (nSPS) is 9.89. The third-order valence-electron chi connectivity index (χ3n) is 2.60. The molecule has 1 aromatic heterocycles. The summed E-state index contributed by atoms with van der Waals surface area (Å²) in [5.74, 6) is -0.189. The Hall–Kier alpha value is -2.81. The second-order valence-electron chi connectivity index (χ2n) is 3.93. The molecule has 0 aliphatic heterocycles. The average Bonchev–Trinajstić information content (AvgIpc) is 2.78. The molecule has 1 aromatic carbocycles. The smallest absolute Gasteiger partial charge is 0.337 e. The lowest BCUT2D eigenvalue weighted by Gasteiger charge is -2.04. The van der Waals surface area contributed by atoms with Crippen molar-refractivity contribution in [3.05, 3.63) is 47.2 Å². The largest absolute Gasteiger partial charge is 0.465 e. The van der Waals surface area contributed by atoms with E-state index in [2.05, 4.69) is 9.84 Å². The molecule has 0 amide bonds. The Balaban J connectivity index is 2.23. The maximum Gasteiger partial charge on any atom is 0.337 e. The molecule has 2 aromatic rings. The molecule has 19 heavy (non-hydrogen) atoms. The van der Waals surface area contributed by atoms with Crippen LogP contribution >= 0.6 is 0 Å². The molecule has 0 radical (unpaired) electrons. The summed E-state index contributed by atoms with van der Waals surface area (Å²) in [7, 11) is 1.34. The van der Waals surface area contributed by atoms with Gasteiger partial charge in [-0.1, -0.05) is 12.1 Å². The van der Waals surface area contributed by atoms with Gasteiger partial charge in [-0.25, -0.2) is 4.79 Å².